The molecule has 0 unspecified atom stereocenters. The second kappa shape index (κ2) is 7.51. The first kappa shape index (κ1) is 17.8. The van der Waals surface area contributed by atoms with E-state index in [4.69, 9.17) is 4.74 Å². The Hall–Kier alpha value is -2.96. The summed E-state index contributed by atoms with van der Waals surface area (Å²) in [5.74, 6) is -0.793. The molecule has 2 aromatic rings. The fourth-order valence-electron chi connectivity index (χ4n) is 3.35. The molecule has 1 saturated carbocycles. The lowest BCUT2D eigenvalue weighted by Crippen LogP contribution is -2.43. The van der Waals surface area contributed by atoms with E-state index in [1.54, 1.807) is 30.3 Å². The zero-order valence-corrected chi connectivity index (χ0v) is 14.5. The maximum absolute atomic E-state index is 12.8. The molecule has 7 heteroatoms. The summed E-state index contributed by atoms with van der Waals surface area (Å²) in [5.41, 5.74) is -0.998. The molecule has 0 aliphatic heterocycles. The zero-order chi connectivity index (χ0) is 18.7. The van der Waals surface area contributed by atoms with Crippen molar-refractivity contribution in [3.63, 3.8) is 0 Å². The van der Waals surface area contributed by atoms with Crippen LogP contribution in [0.3, 0.4) is 0 Å². The number of nitrogens with zero attached hydrogens (tertiary/aromatic N) is 2. The van der Waals surface area contributed by atoms with E-state index in [2.05, 4.69) is 0 Å². The van der Waals surface area contributed by atoms with Crippen LogP contribution in [0.2, 0.25) is 0 Å². The summed E-state index contributed by atoms with van der Waals surface area (Å²) in [4.78, 5) is 48.5. The van der Waals surface area contributed by atoms with Gasteiger partial charge in [0, 0.05) is 30.8 Å². The van der Waals surface area contributed by atoms with Crippen molar-refractivity contribution in [2.24, 2.45) is 5.92 Å². The van der Waals surface area contributed by atoms with Gasteiger partial charge in [0.2, 0.25) is 0 Å². The molecule has 1 aliphatic carbocycles. The highest BCUT2D eigenvalue weighted by molar-refractivity contribution is 5.95. The molecular formula is C19H20N2O5. The standard InChI is InChI=1S/C19H20N2O5/c1-13(22)26-12-14-7-8-16(11-14)20-10-9-17(23)21(19(20)25)18(24)15-5-3-2-4-6-15/h2-6,9-10,14,16H,7-8,11-12H2,1H3/t14-,16+/m0/s1. The Morgan fingerprint density at radius 3 is 2.54 bits per heavy atom. The number of carbonyl (C=O) groups excluding carboxylic acids is 2. The van der Waals surface area contributed by atoms with Gasteiger partial charge in [0.25, 0.3) is 11.5 Å². The fourth-order valence-corrected chi connectivity index (χ4v) is 3.35. The van der Waals surface area contributed by atoms with Gasteiger partial charge in [-0.3, -0.25) is 19.0 Å². The third-order valence-corrected chi connectivity index (χ3v) is 4.66. The Kier molecular flexibility index (Phi) is 5.16. The van der Waals surface area contributed by atoms with Crippen LogP contribution in [0.4, 0.5) is 0 Å². The molecule has 0 radical (unpaired) electrons. The van der Waals surface area contributed by atoms with Gasteiger partial charge in [0.15, 0.2) is 0 Å². The molecule has 0 amide bonds. The largest absolute Gasteiger partial charge is 0.466 e. The van der Waals surface area contributed by atoms with Crippen molar-refractivity contribution in [1.82, 2.24) is 9.13 Å². The van der Waals surface area contributed by atoms with Gasteiger partial charge in [-0.05, 0) is 37.3 Å². The highest BCUT2D eigenvalue weighted by Crippen LogP contribution is 2.33. The predicted octanol–water partition coefficient (Wildman–Crippen LogP) is 1.60. The van der Waals surface area contributed by atoms with Gasteiger partial charge in [-0.2, -0.15) is 4.57 Å². The van der Waals surface area contributed by atoms with Crippen LogP contribution in [0, 0.1) is 5.92 Å². The minimum absolute atomic E-state index is 0.126. The highest BCUT2D eigenvalue weighted by Gasteiger charge is 2.28. The third kappa shape index (κ3) is 3.66. The lowest BCUT2D eigenvalue weighted by molar-refractivity contribution is -0.142. The molecule has 1 heterocycles. The van der Waals surface area contributed by atoms with Crippen LogP contribution in [0.5, 0.6) is 0 Å². The molecule has 0 N–H and O–H groups in total. The topological polar surface area (TPSA) is 87.4 Å². The van der Waals surface area contributed by atoms with E-state index < -0.39 is 17.2 Å². The molecule has 0 bridgehead atoms. The second-order valence-electron chi connectivity index (χ2n) is 6.49. The van der Waals surface area contributed by atoms with Crippen LogP contribution in [0.25, 0.3) is 0 Å². The van der Waals surface area contributed by atoms with E-state index in [0.717, 1.165) is 12.8 Å². The molecule has 26 heavy (non-hydrogen) atoms. The number of aromatic nitrogens is 2. The second-order valence-corrected chi connectivity index (χ2v) is 6.49. The lowest BCUT2D eigenvalue weighted by Gasteiger charge is -2.16. The van der Waals surface area contributed by atoms with Gasteiger partial charge in [0.1, 0.15) is 0 Å². The van der Waals surface area contributed by atoms with E-state index in [9.17, 15) is 19.2 Å². The van der Waals surface area contributed by atoms with Gasteiger partial charge in [-0.15, -0.1) is 0 Å². The SMILES string of the molecule is CC(=O)OC[C@H]1CC[C@@H](n2ccc(=O)n(C(=O)c3ccccc3)c2=O)C1. The molecule has 1 aromatic heterocycles. The quantitative estimate of drug-likeness (QED) is 0.777. The molecule has 2 atom stereocenters. The summed E-state index contributed by atoms with van der Waals surface area (Å²) in [6, 6.07) is 9.35. The number of carbonyl (C=O) groups is 2. The summed E-state index contributed by atoms with van der Waals surface area (Å²) >= 11 is 0. The normalized spacial score (nSPS) is 19.3. The predicted molar refractivity (Wildman–Crippen MR) is 94.1 cm³/mol. The monoisotopic (exact) mass is 356 g/mol. The minimum atomic E-state index is -0.644. The van der Waals surface area contributed by atoms with Crippen molar-refractivity contribution >= 4 is 11.9 Å². The van der Waals surface area contributed by atoms with E-state index in [1.165, 1.54) is 23.8 Å². The van der Waals surface area contributed by atoms with Crippen LogP contribution in [0.15, 0.2) is 52.2 Å². The van der Waals surface area contributed by atoms with Crippen molar-refractivity contribution < 1.29 is 14.3 Å². The first-order chi connectivity index (χ1) is 12.5. The van der Waals surface area contributed by atoms with Crippen LogP contribution >= 0.6 is 0 Å². The smallest absolute Gasteiger partial charge is 0.338 e. The van der Waals surface area contributed by atoms with Gasteiger partial charge in [-0.1, -0.05) is 18.2 Å². The summed E-state index contributed by atoms with van der Waals surface area (Å²) in [6.45, 7) is 1.69. The fraction of sp³-hybridized carbons (Fsp3) is 0.368. The van der Waals surface area contributed by atoms with E-state index in [-0.39, 0.29) is 23.5 Å². The third-order valence-electron chi connectivity index (χ3n) is 4.66. The summed E-state index contributed by atoms with van der Waals surface area (Å²) < 4.78 is 7.16. The Bertz CT molecular complexity index is 929. The molecule has 1 aliphatic rings. The number of rotatable bonds is 4. The number of ether oxygens (including phenoxy) is 1. The van der Waals surface area contributed by atoms with Crippen LogP contribution < -0.4 is 11.2 Å². The Morgan fingerprint density at radius 1 is 1.12 bits per heavy atom. The van der Waals surface area contributed by atoms with Gasteiger partial charge < -0.3 is 4.74 Å². The van der Waals surface area contributed by atoms with Gasteiger partial charge in [-0.25, -0.2) is 4.79 Å². The molecular weight excluding hydrogens is 336 g/mol. The average molecular weight is 356 g/mol. The Labute approximate surface area is 149 Å². The van der Waals surface area contributed by atoms with Crippen molar-refractivity contribution in [2.45, 2.75) is 32.2 Å². The number of hydrogen-bond donors (Lipinski definition) is 0. The average Bonchev–Trinajstić information content (AvgIpc) is 3.09. The van der Waals surface area contributed by atoms with Crippen molar-refractivity contribution in [2.75, 3.05) is 6.61 Å². The molecule has 7 nitrogen and oxygen atoms in total. The van der Waals surface area contributed by atoms with E-state index >= 15 is 0 Å². The Balaban J connectivity index is 1.87. The molecule has 136 valence electrons. The molecule has 1 aromatic carbocycles. The maximum atomic E-state index is 12.8. The first-order valence-corrected chi connectivity index (χ1v) is 8.54. The van der Waals surface area contributed by atoms with Crippen molar-refractivity contribution in [3.8, 4) is 0 Å². The minimum Gasteiger partial charge on any atom is -0.466 e. The van der Waals surface area contributed by atoms with Crippen LogP contribution in [0.1, 0.15) is 42.6 Å². The number of hydrogen-bond acceptors (Lipinski definition) is 5. The molecule has 0 saturated heterocycles. The van der Waals surface area contributed by atoms with E-state index in [1.807, 2.05) is 0 Å². The van der Waals surface area contributed by atoms with Crippen LogP contribution in [-0.2, 0) is 9.53 Å². The lowest BCUT2D eigenvalue weighted by atomic mass is 10.1. The number of benzene rings is 1. The highest BCUT2D eigenvalue weighted by atomic mass is 16.5. The van der Waals surface area contributed by atoms with E-state index in [0.29, 0.717) is 17.6 Å². The van der Waals surface area contributed by atoms with Gasteiger partial charge >= 0.3 is 11.7 Å². The van der Waals surface area contributed by atoms with Crippen molar-refractivity contribution in [3.05, 3.63) is 69.0 Å². The van der Waals surface area contributed by atoms with Crippen molar-refractivity contribution in [1.29, 1.82) is 0 Å². The summed E-state index contributed by atoms with van der Waals surface area (Å²) in [6.07, 6.45) is 3.64. The Morgan fingerprint density at radius 2 is 1.85 bits per heavy atom. The zero-order valence-electron chi connectivity index (χ0n) is 14.5. The number of esters is 1. The van der Waals surface area contributed by atoms with Gasteiger partial charge in [0.05, 0.1) is 6.61 Å². The molecule has 3 rings (SSSR count). The molecule has 1 fully saturated rings. The summed E-state index contributed by atoms with van der Waals surface area (Å²) in [7, 11) is 0. The molecule has 0 spiro atoms. The maximum Gasteiger partial charge on any atom is 0.338 e. The first-order valence-electron chi connectivity index (χ1n) is 8.54. The summed E-state index contributed by atoms with van der Waals surface area (Å²) in [5, 5.41) is 0. The van der Waals surface area contributed by atoms with Crippen LogP contribution in [-0.4, -0.2) is 27.6 Å².